The van der Waals surface area contributed by atoms with Gasteiger partial charge >= 0.3 is 0 Å². The number of aliphatic hydroxyl groups excluding tert-OH is 11. The van der Waals surface area contributed by atoms with Crippen LogP contribution in [0.3, 0.4) is 0 Å². The average Bonchev–Trinajstić information content (AvgIpc) is 3.39. The number of nitrogens with one attached hydrogen (secondary N) is 1. The fourth-order valence-electron chi connectivity index (χ4n) is 9.28. The summed E-state index contributed by atoms with van der Waals surface area (Å²) in [6.45, 7) is 1.65. The van der Waals surface area contributed by atoms with E-state index in [9.17, 15) is 61.0 Å². The molecule has 0 aromatic rings. The largest absolute Gasteiger partial charge is 0.394 e. The molecule has 73 heavy (non-hydrogen) atoms. The molecule has 3 aliphatic heterocycles. The molecule has 3 aliphatic rings. The molecule has 0 aromatic heterocycles. The molecule has 426 valence electrons. The molecule has 1 amide bonds. The molecule has 3 heterocycles. The van der Waals surface area contributed by atoms with E-state index in [2.05, 4.69) is 43.5 Å². The van der Waals surface area contributed by atoms with Gasteiger partial charge in [0, 0.05) is 6.42 Å². The molecule has 0 bridgehead atoms. The van der Waals surface area contributed by atoms with Gasteiger partial charge in [-0.05, 0) is 44.9 Å². The van der Waals surface area contributed by atoms with Crippen LogP contribution in [-0.4, -0.2) is 193 Å². The van der Waals surface area contributed by atoms with Gasteiger partial charge in [0.05, 0.1) is 38.6 Å². The van der Waals surface area contributed by atoms with E-state index in [0.717, 1.165) is 44.9 Å². The van der Waals surface area contributed by atoms with Crippen LogP contribution in [-0.2, 0) is 33.2 Å². The van der Waals surface area contributed by atoms with Crippen LogP contribution in [0.5, 0.6) is 0 Å². The Kier molecular flexibility index (Phi) is 34.5. The van der Waals surface area contributed by atoms with Gasteiger partial charge in [0.15, 0.2) is 18.9 Å². The maximum Gasteiger partial charge on any atom is 0.220 e. The number of ether oxygens (including phenoxy) is 6. The molecule has 0 aromatic carbocycles. The maximum absolute atomic E-state index is 13.2. The number of carbonyl (C=O) groups is 1. The Labute approximate surface area is 434 Å². The highest BCUT2D eigenvalue weighted by Gasteiger charge is 2.53. The molecule has 0 spiro atoms. The summed E-state index contributed by atoms with van der Waals surface area (Å²) in [6.07, 6.45) is 11.4. The van der Waals surface area contributed by atoms with Crippen LogP contribution < -0.4 is 5.32 Å². The zero-order valence-corrected chi connectivity index (χ0v) is 43.9. The summed E-state index contributed by atoms with van der Waals surface area (Å²) in [5.41, 5.74) is 0. The lowest BCUT2D eigenvalue weighted by atomic mass is 9.96. The van der Waals surface area contributed by atoms with Gasteiger partial charge in [0.1, 0.15) is 73.2 Å². The molecule has 3 saturated heterocycles. The van der Waals surface area contributed by atoms with Crippen molar-refractivity contribution in [2.45, 2.75) is 272 Å². The number of amides is 1. The van der Waals surface area contributed by atoms with Gasteiger partial charge in [-0.15, -0.1) is 0 Å². The van der Waals surface area contributed by atoms with E-state index in [0.29, 0.717) is 12.8 Å². The summed E-state index contributed by atoms with van der Waals surface area (Å²) in [5.74, 6) is -0.292. The highest BCUT2D eigenvalue weighted by atomic mass is 16.8. The second kappa shape index (κ2) is 38.5. The first kappa shape index (κ1) is 65.3. The van der Waals surface area contributed by atoms with Crippen LogP contribution in [0.4, 0.5) is 0 Å². The number of rotatable bonds is 39. The number of carbonyl (C=O) groups excluding carboxylic acids is 1. The lowest BCUT2D eigenvalue weighted by Crippen LogP contribution is -2.66. The zero-order valence-electron chi connectivity index (χ0n) is 43.9. The Hall–Kier alpha value is -1.99. The maximum atomic E-state index is 13.2. The van der Waals surface area contributed by atoms with Crippen molar-refractivity contribution in [3.8, 4) is 0 Å². The van der Waals surface area contributed by atoms with Crippen molar-refractivity contribution in [2.24, 2.45) is 0 Å². The first-order valence-electron chi connectivity index (χ1n) is 27.7. The molecule has 0 radical (unpaired) electrons. The van der Waals surface area contributed by atoms with Crippen molar-refractivity contribution >= 4 is 5.91 Å². The number of hydrogen-bond donors (Lipinski definition) is 12. The molecule has 3 fully saturated rings. The van der Waals surface area contributed by atoms with Gasteiger partial charge in [-0.2, -0.15) is 0 Å². The molecule has 3 rings (SSSR count). The molecule has 17 unspecified atom stereocenters. The summed E-state index contributed by atoms with van der Waals surface area (Å²) in [5, 5.41) is 120. The van der Waals surface area contributed by atoms with Crippen molar-refractivity contribution in [3.63, 3.8) is 0 Å². The minimum Gasteiger partial charge on any atom is -0.394 e. The van der Waals surface area contributed by atoms with Gasteiger partial charge in [-0.1, -0.05) is 153 Å². The minimum absolute atomic E-state index is 0.234. The third-order valence-electron chi connectivity index (χ3n) is 13.9. The van der Waals surface area contributed by atoms with Gasteiger partial charge in [0.2, 0.25) is 5.91 Å². The van der Waals surface area contributed by atoms with Gasteiger partial charge in [-0.3, -0.25) is 4.79 Å². The Morgan fingerprint density at radius 2 is 0.877 bits per heavy atom. The second-order valence-corrected chi connectivity index (χ2v) is 20.0. The van der Waals surface area contributed by atoms with Crippen LogP contribution >= 0.6 is 0 Å². The van der Waals surface area contributed by atoms with Crippen LogP contribution in [0.15, 0.2) is 36.5 Å². The number of hydrogen-bond acceptors (Lipinski definition) is 18. The van der Waals surface area contributed by atoms with Crippen molar-refractivity contribution in [1.29, 1.82) is 0 Å². The fraction of sp³-hybridized carbons (Fsp3) is 0.870. The molecule has 19 heteroatoms. The van der Waals surface area contributed by atoms with Crippen LogP contribution in [0, 0.1) is 0 Å². The Morgan fingerprint density at radius 1 is 0.479 bits per heavy atom. The van der Waals surface area contributed by atoms with E-state index in [-0.39, 0.29) is 18.9 Å². The molecule has 19 nitrogen and oxygen atoms in total. The summed E-state index contributed by atoms with van der Waals surface area (Å²) in [7, 11) is 0. The van der Waals surface area contributed by atoms with Crippen molar-refractivity contribution in [3.05, 3.63) is 36.5 Å². The lowest BCUT2D eigenvalue weighted by Gasteiger charge is -2.48. The lowest BCUT2D eigenvalue weighted by molar-refractivity contribution is -0.379. The van der Waals surface area contributed by atoms with Crippen LogP contribution in [0.1, 0.15) is 168 Å². The van der Waals surface area contributed by atoms with E-state index >= 15 is 0 Å². The van der Waals surface area contributed by atoms with E-state index in [1.165, 1.54) is 89.9 Å². The molecule has 12 N–H and O–H groups in total. The van der Waals surface area contributed by atoms with Gasteiger partial charge in [0.25, 0.3) is 0 Å². The third kappa shape index (κ3) is 23.7. The molecular formula is C54H97NO18. The molecule has 0 saturated carbocycles. The highest BCUT2D eigenvalue weighted by Crippen LogP contribution is 2.33. The Balaban J connectivity index is 1.56. The van der Waals surface area contributed by atoms with Crippen LogP contribution in [0.2, 0.25) is 0 Å². The predicted octanol–water partition coefficient (Wildman–Crippen LogP) is 3.37. The summed E-state index contributed by atoms with van der Waals surface area (Å²) < 4.78 is 34.1. The van der Waals surface area contributed by atoms with Crippen molar-refractivity contribution in [1.82, 2.24) is 5.32 Å². The normalized spacial score (nSPS) is 32.0. The Bertz CT molecular complexity index is 1490. The van der Waals surface area contributed by atoms with E-state index in [1.807, 2.05) is 6.08 Å². The first-order valence-corrected chi connectivity index (χ1v) is 27.7. The number of allylic oxidation sites excluding steroid dienone is 5. The van der Waals surface area contributed by atoms with E-state index in [4.69, 9.17) is 28.4 Å². The average molecular weight is 1050 g/mol. The monoisotopic (exact) mass is 1050 g/mol. The van der Waals surface area contributed by atoms with Gasteiger partial charge < -0.3 is 89.9 Å². The summed E-state index contributed by atoms with van der Waals surface area (Å²) in [6, 6.07) is -0.991. The van der Waals surface area contributed by atoms with E-state index in [1.54, 1.807) is 6.08 Å². The van der Waals surface area contributed by atoms with Crippen LogP contribution in [0.25, 0.3) is 0 Å². The third-order valence-corrected chi connectivity index (χ3v) is 13.9. The number of unbranched alkanes of at least 4 members (excludes halogenated alkanes) is 19. The van der Waals surface area contributed by atoms with E-state index < -0.39 is 124 Å². The summed E-state index contributed by atoms with van der Waals surface area (Å²) in [4.78, 5) is 13.2. The smallest absolute Gasteiger partial charge is 0.220 e. The van der Waals surface area contributed by atoms with Crippen molar-refractivity contribution in [2.75, 3.05) is 26.4 Å². The first-order chi connectivity index (χ1) is 35.3. The second-order valence-electron chi connectivity index (χ2n) is 20.0. The predicted molar refractivity (Wildman–Crippen MR) is 272 cm³/mol. The fourth-order valence-corrected chi connectivity index (χ4v) is 9.28. The zero-order chi connectivity index (χ0) is 53.4. The standard InChI is InChI=1S/C54H97NO18/c1-3-5-7-9-11-13-15-17-18-19-20-21-23-25-27-29-31-38(59)37(55-42(60)32-30-28-26-24-22-16-14-12-10-8-6-4-2)36-68-52-48(66)45(63)50(40(34-57)70-52)73-54-49(67)46(64)51(41(35-58)71-54)72-53-47(65)44(62)43(61)39(33-56)69-53/h17-18,21,23,29,31,37-41,43-54,56-59,61-67H,3-16,19-20,22,24-28,30,32-36H2,1-2H3,(H,55,60)/b18-17+,23-21+,31-29+. The quantitative estimate of drug-likeness (QED) is 0.0310. The SMILES string of the molecule is CCCCCCCC/C=C/CC/C=C/CC/C=C/C(O)C(COC1OC(CO)C(OC2OC(CO)C(OC3OC(CO)C(O)C(O)C3O)C(O)C2O)C(O)C1O)NC(=O)CCCCCCCCCCCCCC. The Morgan fingerprint density at radius 3 is 1.37 bits per heavy atom. The molecular weight excluding hydrogens is 951 g/mol. The summed E-state index contributed by atoms with van der Waals surface area (Å²) >= 11 is 0. The number of aliphatic hydroxyl groups is 11. The van der Waals surface area contributed by atoms with Gasteiger partial charge in [-0.25, -0.2) is 0 Å². The van der Waals surface area contributed by atoms with Crippen molar-refractivity contribution < 1.29 is 89.4 Å². The minimum atomic E-state index is -1.98. The topological polar surface area (TPSA) is 307 Å². The highest BCUT2D eigenvalue weighted by molar-refractivity contribution is 5.76. The molecule has 0 aliphatic carbocycles. The molecule has 17 atom stereocenters.